The molecule has 0 radical (unpaired) electrons. The molecule has 2 aromatic rings. The van der Waals surface area contributed by atoms with E-state index >= 15 is 0 Å². The molecule has 8 heteroatoms. The summed E-state index contributed by atoms with van der Waals surface area (Å²) in [4.78, 5) is 37.9. The van der Waals surface area contributed by atoms with E-state index in [-0.39, 0.29) is 12.2 Å². The van der Waals surface area contributed by atoms with Crippen LogP contribution in [0.25, 0.3) is 0 Å². The zero-order valence-corrected chi connectivity index (χ0v) is 9.53. The molecular formula is C10H11N5O3. The summed E-state index contributed by atoms with van der Waals surface area (Å²) >= 11 is 0. The first-order valence-corrected chi connectivity index (χ1v) is 5.17. The molecule has 0 saturated heterocycles. The summed E-state index contributed by atoms with van der Waals surface area (Å²) < 4.78 is 0. The largest absolute Gasteiger partial charge is 0.347 e. The van der Waals surface area contributed by atoms with E-state index in [0.717, 1.165) is 17.3 Å². The van der Waals surface area contributed by atoms with Crippen molar-refractivity contribution in [2.45, 2.75) is 13.5 Å². The van der Waals surface area contributed by atoms with E-state index in [9.17, 15) is 14.4 Å². The highest BCUT2D eigenvalue weighted by Crippen LogP contribution is 2.01. The molecule has 1 amide bonds. The smallest absolute Gasteiger partial charge is 0.326 e. The number of H-pyrrole nitrogens is 3. The topological polar surface area (TPSA) is 123 Å². The Morgan fingerprint density at radius 1 is 1.39 bits per heavy atom. The molecule has 2 aromatic heterocycles. The molecule has 0 saturated carbocycles. The Morgan fingerprint density at radius 3 is 2.78 bits per heavy atom. The Kier molecular flexibility index (Phi) is 3.09. The maximum Gasteiger partial charge on any atom is 0.326 e. The number of hydrogen-bond acceptors (Lipinski definition) is 4. The van der Waals surface area contributed by atoms with Gasteiger partial charge in [-0.25, -0.2) is 4.79 Å². The van der Waals surface area contributed by atoms with Crippen LogP contribution in [0.4, 0.5) is 0 Å². The standard InChI is InChI=1S/C10H11N5O3/c1-5-6(4-12-15-5)3-11-9(17)7-2-8(16)14-10(18)13-7/h2,4H,3H2,1H3,(H,11,17)(H,12,15)(H2,13,14,16,18). The third-order valence-corrected chi connectivity index (χ3v) is 2.38. The first-order valence-electron chi connectivity index (χ1n) is 5.17. The van der Waals surface area contributed by atoms with E-state index < -0.39 is 17.2 Å². The Hall–Kier alpha value is -2.64. The minimum Gasteiger partial charge on any atom is -0.347 e. The van der Waals surface area contributed by atoms with Crippen molar-refractivity contribution in [2.75, 3.05) is 0 Å². The highest BCUT2D eigenvalue weighted by atomic mass is 16.2. The van der Waals surface area contributed by atoms with Crippen molar-refractivity contribution in [3.8, 4) is 0 Å². The molecule has 8 nitrogen and oxygen atoms in total. The van der Waals surface area contributed by atoms with Crippen LogP contribution < -0.4 is 16.6 Å². The Morgan fingerprint density at radius 2 is 2.17 bits per heavy atom. The normalized spacial score (nSPS) is 10.3. The summed E-state index contributed by atoms with van der Waals surface area (Å²) in [5.74, 6) is -0.529. The van der Waals surface area contributed by atoms with Gasteiger partial charge in [0.15, 0.2) is 0 Å². The number of amides is 1. The number of carbonyl (C=O) groups excluding carboxylic acids is 1. The Labute approximate surface area is 100 Å². The number of hydrogen-bond donors (Lipinski definition) is 4. The van der Waals surface area contributed by atoms with Crippen molar-refractivity contribution in [1.29, 1.82) is 0 Å². The lowest BCUT2D eigenvalue weighted by molar-refractivity contribution is 0.0945. The first kappa shape index (κ1) is 11.8. The number of rotatable bonds is 3. The maximum atomic E-state index is 11.7. The lowest BCUT2D eigenvalue weighted by Crippen LogP contribution is -2.30. The molecule has 0 atom stereocenters. The second-order valence-corrected chi connectivity index (χ2v) is 3.70. The number of aryl methyl sites for hydroxylation is 1. The van der Waals surface area contributed by atoms with Gasteiger partial charge in [0, 0.05) is 23.9 Å². The molecule has 18 heavy (non-hydrogen) atoms. The van der Waals surface area contributed by atoms with Crippen molar-refractivity contribution < 1.29 is 4.79 Å². The van der Waals surface area contributed by atoms with Gasteiger partial charge in [-0.2, -0.15) is 5.10 Å². The molecule has 0 unspecified atom stereocenters. The van der Waals surface area contributed by atoms with E-state index in [1.165, 1.54) is 0 Å². The van der Waals surface area contributed by atoms with Crippen molar-refractivity contribution in [1.82, 2.24) is 25.5 Å². The second-order valence-electron chi connectivity index (χ2n) is 3.70. The van der Waals surface area contributed by atoms with Crippen LogP contribution in [0.1, 0.15) is 21.7 Å². The lowest BCUT2D eigenvalue weighted by Gasteiger charge is -2.03. The zero-order chi connectivity index (χ0) is 13.1. The minimum atomic E-state index is -0.716. The summed E-state index contributed by atoms with van der Waals surface area (Å²) in [6, 6.07) is 1.03. The highest BCUT2D eigenvalue weighted by Gasteiger charge is 2.08. The van der Waals surface area contributed by atoms with Crippen LogP contribution in [0.2, 0.25) is 0 Å². The molecule has 0 fully saturated rings. The predicted octanol–water partition coefficient (Wildman–Crippen LogP) is -0.975. The molecule has 94 valence electrons. The molecular weight excluding hydrogens is 238 g/mol. The molecule has 0 aliphatic heterocycles. The van der Waals surface area contributed by atoms with Gasteiger partial charge >= 0.3 is 5.69 Å². The molecule has 0 bridgehead atoms. The number of nitrogens with zero attached hydrogens (tertiary/aromatic N) is 1. The summed E-state index contributed by atoms with van der Waals surface area (Å²) in [5, 5.41) is 9.12. The number of nitrogens with one attached hydrogen (secondary N) is 4. The Balaban J connectivity index is 2.11. The van der Waals surface area contributed by atoms with Gasteiger partial charge in [-0.15, -0.1) is 0 Å². The first-order chi connectivity index (χ1) is 8.56. The molecule has 0 aromatic carbocycles. The maximum absolute atomic E-state index is 11.7. The highest BCUT2D eigenvalue weighted by molar-refractivity contribution is 5.91. The monoisotopic (exact) mass is 249 g/mol. The van der Waals surface area contributed by atoms with E-state index in [1.54, 1.807) is 6.20 Å². The van der Waals surface area contributed by atoms with Gasteiger partial charge in [0.1, 0.15) is 5.69 Å². The Bertz CT molecular complexity index is 653. The van der Waals surface area contributed by atoms with Gasteiger partial charge in [0.2, 0.25) is 0 Å². The van der Waals surface area contributed by atoms with Crippen LogP contribution in [0.15, 0.2) is 21.9 Å². The summed E-state index contributed by atoms with van der Waals surface area (Å²) in [7, 11) is 0. The van der Waals surface area contributed by atoms with Crippen molar-refractivity contribution >= 4 is 5.91 Å². The molecule has 2 rings (SSSR count). The van der Waals surface area contributed by atoms with Gasteiger partial charge in [-0.05, 0) is 6.92 Å². The lowest BCUT2D eigenvalue weighted by atomic mass is 10.2. The van der Waals surface area contributed by atoms with Crippen LogP contribution in [0.3, 0.4) is 0 Å². The van der Waals surface area contributed by atoms with Crippen LogP contribution in [0.5, 0.6) is 0 Å². The molecule has 0 aliphatic carbocycles. The van der Waals surface area contributed by atoms with Crippen molar-refractivity contribution in [2.24, 2.45) is 0 Å². The molecule has 2 heterocycles. The number of aromatic nitrogens is 4. The van der Waals surface area contributed by atoms with Crippen molar-refractivity contribution in [3.05, 3.63) is 50.1 Å². The third kappa shape index (κ3) is 2.54. The van der Waals surface area contributed by atoms with E-state index in [4.69, 9.17) is 0 Å². The van der Waals surface area contributed by atoms with Crippen LogP contribution >= 0.6 is 0 Å². The minimum absolute atomic E-state index is 0.0788. The molecule has 0 spiro atoms. The predicted molar refractivity (Wildman–Crippen MR) is 62.2 cm³/mol. The van der Waals surface area contributed by atoms with Gasteiger partial charge < -0.3 is 10.3 Å². The fourth-order valence-electron chi connectivity index (χ4n) is 1.42. The van der Waals surface area contributed by atoms with Gasteiger partial charge in [0.05, 0.1) is 6.20 Å². The quantitative estimate of drug-likeness (QED) is 0.558. The number of carbonyl (C=O) groups is 1. The fraction of sp³-hybridized carbons (Fsp3) is 0.200. The summed E-state index contributed by atoms with van der Waals surface area (Å²) in [6.45, 7) is 2.08. The molecule has 0 aliphatic rings. The SMILES string of the molecule is Cc1[nH]ncc1CNC(=O)c1cc(=O)[nH]c(=O)[nH]1. The van der Waals surface area contributed by atoms with E-state index in [2.05, 4.69) is 20.5 Å². The summed E-state index contributed by atoms with van der Waals surface area (Å²) in [6.07, 6.45) is 1.59. The van der Waals surface area contributed by atoms with E-state index in [0.29, 0.717) is 0 Å². The average Bonchev–Trinajstić information content (AvgIpc) is 2.70. The third-order valence-electron chi connectivity index (χ3n) is 2.38. The van der Waals surface area contributed by atoms with Crippen LogP contribution in [-0.2, 0) is 6.54 Å². The van der Waals surface area contributed by atoms with Crippen LogP contribution in [0, 0.1) is 6.92 Å². The van der Waals surface area contributed by atoms with Gasteiger partial charge in [0.25, 0.3) is 11.5 Å². The average molecular weight is 249 g/mol. The van der Waals surface area contributed by atoms with E-state index in [1.807, 2.05) is 11.9 Å². The fourth-order valence-corrected chi connectivity index (χ4v) is 1.42. The second kappa shape index (κ2) is 4.70. The van der Waals surface area contributed by atoms with Crippen LogP contribution in [-0.4, -0.2) is 26.1 Å². The van der Waals surface area contributed by atoms with Crippen molar-refractivity contribution in [3.63, 3.8) is 0 Å². The number of aromatic amines is 3. The molecule has 4 N–H and O–H groups in total. The zero-order valence-electron chi connectivity index (χ0n) is 9.53. The summed E-state index contributed by atoms with van der Waals surface area (Å²) in [5.41, 5.74) is 0.255. The van der Waals surface area contributed by atoms with Gasteiger partial charge in [-0.3, -0.25) is 19.7 Å². The van der Waals surface area contributed by atoms with Gasteiger partial charge in [-0.1, -0.05) is 0 Å².